The van der Waals surface area contributed by atoms with Crippen molar-refractivity contribution in [1.29, 1.82) is 0 Å². The van der Waals surface area contributed by atoms with Gasteiger partial charge in [-0.05, 0) is 12.8 Å². The molecular weight excluding hydrogens is 184 g/mol. The molecule has 1 rings (SSSR count). The molecule has 7 heteroatoms. The van der Waals surface area contributed by atoms with Gasteiger partial charge < -0.3 is 5.32 Å². The zero-order valence-corrected chi connectivity index (χ0v) is 7.35. The molecule has 12 heavy (non-hydrogen) atoms. The Morgan fingerprint density at radius 3 is 2.50 bits per heavy atom. The van der Waals surface area contributed by atoms with Gasteiger partial charge in [0.25, 0.3) is 10.1 Å². The van der Waals surface area contributed by atoms with E-state index in [1.54, 1.807) is 5.48 Å². The topological polar surface area (TPSA) is 84.5 Å². The first-order chi connectivity index (χ1) is 5.47. The Labute approximate surface area is 70.4 Å². The summed E-state index contributed by atoms with van der Waals surface area (Å²) in [6, 6.07) is -0.448. The Kier molecular flexibility index (Phi) is 2.53. The number of carbonyl (C=O) groups excluding carboxylic acids is 1. The second-order valence-corrected chi connectivity index (χ2v) is 4.21. The molecule has 1 aliphatic carbocycles. The fourth-order valence-electron chi connectivity index (χ4n) is 0.556. The number of hydrogen-bond donors (Lipinski definition) is 2. The van der Waals surface area contributed by atoms with Crippen molar-refractivity contribution in [2.24, 2.45) is 0 Å². The highest BCUT2D eigenvalue weighted by Gasteiger charge is 2.23. The molecule has 2 N–H and O–H groups in total. The van der Waals surface area contributed by atoms with E-state index in [0.29, 0.717) is 0 Å². The van der Waals surface area contributed by atoms with Crippen LogP contribution in [0.25, 0.3) is 0 Å². The van der Waals surface area contributed by atoms with Crippen molar-refractivity contribution in [1.82, 2.24) is 10.8 Å². The number of nitrogens with one attached hydrogen (secondary N) is 2. The van der Waals surface area contributed by atoms with Gasteiger partial charge in [0, 0.05) is 6.04 Å². The maximum absolute atomic E-state index is 10.7. The van der Waals surface area contributed by atoms with Crippen LogP contribution in [0, 0.1) is 0 Å². The van der Waals surface area contributed by atoms with Crippen molar-refractivity contribution >= 4 is 16.1 Å². The van der Waals surface area contributed by atoms with E-state index in [1.807, 2.05) is 0 Å². The van der Waals surface area contributed by atoms with E-state index in [2.05, 4.69) is 9.60 Å². The molecule has 0 bridgehead atoms. The Bertz CT molecular complexity index is 269. The highest BCUT2D eigenvalue weighted by molar-refractivity contribution is 7.85. The van der Waals surface area contributed by atoms with Crippen LogP contribution in [0.15, 0.2) is 0 Å². The zero-order valence-electron chi connectivity index (χ0n) is 6.53. The molecule has 6 nitrogen and oxygen atoms in total. The summed E-state index contributed by atoms with van der Waals surface area (Å²) in [6.07, 6.45) is 2.73. The number of amides is 2. The van der Waals surface area contributed by atoms with Crippen LogP contribution in [0.2, 0.25) is 0 Å². The number of hydroxylamine groups is 1. The van der Waals surface area contributed by atoms with Gasteiger partial charge >= 0.3 is 6.03 Å². The van der Waals surface area contributed by atoms with E-state index < -0.39 is 16.1 Å². The molecule has 0 aliphatic heterocycles. The summed E-state index contributed by atoms with van der Waals surface area (Å²) >= 11 is 0. The van der Waals surface area contributed by atoms with Crippen LogP contribution in [0.1, 0.15) is 12.8 Å². The number of urea groups is 1. The minimum atomic E-state index is -3.61. The first-order valence-electron chi connectivity index (χ1n) is 3.42. The highest BCUT2D eigenvalue weighted by Crippen LogP contribution is 2.18. The van der Waals surface area contributed by atoms with Gasteiger partial charge in [0.2, 0.25) is 0 Å². The van der Waals surface area contributed by atoms with Crippen LogP contribution in [0.5, 0.6) is 0 Å². The predicted molar refractivity (Wildman–Crippen MR) is 40.6 cm³/mol. The van der Waals surface area contributed by atoms with Crippen LogP contribution in [-0.2, 0) is 14.4 Å². The van der Waals surface area contributed by atoms with Gasteiger partial charge in [-0.15, -0.1) is 4.28 Å². The molecule has 1 aliphatic rings. The largest absolute Gasteiger partial charge is 0.340 e. The lowest BCUT2D eigenvalue weighted by Crippen LogP contribution is -2.37. The average molecular weight is 194 g/mol. The van der Waals surface area contributed by atoms with E-state index in [1.165, 1.54) is 0 Å². The molecule has 0 aromatic carbocycles. The van der Waals surface area contributed by atoms with Crippen molar-refractivity contribution < 1.29 is 17.5 Å². The van der Waals surface area contributed by atoms with Gasteiger partial charge in [0.1, 0.15) is 0 Å². The van der Waals surface area contributed by atoms with E-state index in [-0.39, 0.29) is 6.04 Å². The van der Waals surface area contributed by atoms with Crippen molar-refractivity contribution in [3.8, 4) is 0 Å². The molecule has 0 heterocycles. The summed E-state index contributed by atoms with van der Waals surface area (Å²) < 4.78 is 24.8. The van der Waals surface area contributed by atoms with Crippen LogP contribution >= 0.6 is 0 Å². The Balaban J connectivity index is 2.17. The maximum atomic E-state index is 10.7. The maximum Gasteiger partial charge on any atom is 0.340 e. The third-order valence-electron chi connectivity index (χ3n) is 1.20. The number of rotatable bonds is 3. The summed E-state index contributed by atoms with van der Waals surface area (Å²) in [5.74, 6) is 0. The van der Waals surface area contributed by atoms with Gasteiger partial charge in [-0.25, -0.2) is 4.79 Å². The van der Waals surface area contributed by atoms with Crippen LogP contribution in [-0.4, -0.2) is 26.7 Å². The minimum Gasteiger partial charge on any atom is -0.334 e. The zero-order chi connectivity index (χ0) is 9.19. The molecule has 0 unspecified atom stereocenters. The number of hydrogen-bond acceptors (Lipinski definition) is 4. The van der Waals surface area contributed by atoms with Gasteiger partial charge in [-0.1, -0.05) is 0 Å². The molecule has 1 saturated carbocycles. The third kappa shape index (κ3) is 4.14. The molecule has 70 valence electrons. The quantitative estimate of drug-likeness (QED) is 0.584. The molecule has 0 aromatic rings. The second kappa shape index (κ2) is 3.28. The van der Waals surface area contributed by atoms with Crippen molar-refractivity contribution in [3.05, 3.63) is 0 Å². The lowest BCUT2D eigenvalue weighted by Gasteiger charge is -2.03. The van der Waals surface area contributed by atoms with E-state index >= 15 is 0 Å². The molecule has 0 spiro atoms. The predicted octanol–water partition coefficient (Wildman–Crippen LogP) is -0.661. The average Bonchev–Trinajstić information content (AvgIpc) is 2.66. The molecule has 0 radical (unpaired) electrons. The van der Waals surface area contributed by atoms with Gasteiger partial charge in [0.05, 0.1) is 6.26 Å². The van der Waals surface area contributed by atoms with Gasteiger partial charge in [-0.2, -0.15) is 13.9 Å². The highest BCUT2D eigenvalue weighted by atomic mass is 32.2. The third-order valence-corrected chi connectivity index (χ3v) is 1.58. The molecule has 0 atom stereocenters. The SMILES string of the molecule is CS(=O)(=O)ONC(=O)NC1CC1. The van der Waals surface area contributed by atoms with Crippen molar-refractivity contribution in [2.75, 3.05) is 6.26 Å². The fraction of sp³-hybridized carbons (Fsp3) is 0.800. The summed E-state index contributed by atoms with van der Waals surface area (Å²) in [5, 5.41) is 2.49. The molecule has 2 amide bonds. The van der Waals surface area contributed by atoms with Crippen LogP contribution in [0.3, 0.4) is 0 Å². The lowest BCUT2D eigenvalue weighted by molar-refractivity contribution is 0.182. The smallest absolute Gasteiger partial charge is 0.334 e. The molecule has 0 aromatic heterocycles. The van der Waals surface area contributed by atoms with Gasteiger partial charge in [0.15, 0.2) is 0 Å². The first-order valence-corrected chi connectivity index (χ1v) is 5.24. The summed E-state index contributed by atoms with van der Waals surface area (Å²) in [5.41, 5.74) is 1.76. The molecule has 0 saturated heterocycles. The van der Waals surface area contributed by atoms with Gasteiger partial charge in [-0.3, -0.25) is 0 Å². The fourth-order valence-corrected chi connectivity index (χ4v) is 0.783. The molecular formula is C5H10N2O4S. The van der Waals surface area contributed by atoms with E-state index in [4.69, 9.17) is 0 Å². The lowest BCUT2D eigenvalue weighted by atomic mass is 10.7. The van der Waals surface area contributed by atoms with Crippen LogP contribution in [0.4, 0.5) is 4.79 Å². The second-order valence-electron chi connectivity index (χ2n) is 2.64. The first kappa shape index (κ1) is 9.27. The van der Waals surface area contributed by atoms with Crippen molar-refractivity contribution in [3.63, 3.8) is 0 Å². The normalized spacial score (nSPS) is 17.1. The number of carbonyl (C=O) groups is 1. The standard InChI is InChI=1S/C5H10N2O4S/c1-12(9,10)11-7-5(8)6-4-2-3-4/h4H,2-3H2,1H3,(H2,6,7,8). The Hall–Kier alpha value is -0.820. The van der Waals surface area contributed by atoms with Crippen molar-refractivity contribution in [2.45, 2.75) is 18.9 Å². The monoisotopic (exact) mass is 194 g/mol. The summed E-state index contributed by atoms with van der Waals surface area (Å²) in [6.45, 7) is 0. The Morgan fingerprint density at radius 1 is 1.50 bits per heavy atom. The summed E-state index contributed by atoms with van der Waals surface area (Å²) in [7, 11) is -3.61. The van der Waals surface area contributed by atoms with Crippen LogP contribution < -0.4 is 10.8 Å². The van der Waals surface area contributed by atoms with E-state index in [0.717, 1.165) is 19.1 Å². The Morgan fingerprint density at radius 2 is 2.08 bits per heavy atom. The summed E-state index contributed by atoms with van der Waals surface area (Å²) in [4.78, 5) is 10.7. The minimum absolute atomic E-state index is 0.174. The van der Waals surface area contributed by atoms with E-state index in [9.17, 15) is 13.2 Å². The molecule has 1 fully saturated rings.